The average Bonchev–Trinajstić information content (AvgIpc) is 2.81. The van der Waals surface area contributed by atoms with Crippen molar-refractivity contribution < 1.29 is 14.3 Å². The van der Waals surface area contributed by atoms with Crippen LogP contribution in [0.2, 0.25) is 5.02 Å². The summed E-state index contributed by atoms with van der Waals surface area (Å²) in [6.07, 6.45) is 0.351. The van der Waals surface area contributed by atoms with E-state index < -0.39 is 11.9 Å². The lowest BCUT2D eigenvalue weighted by molar-refractivity contribution is 0.0762. The van der Waals surface area contributed by atoms with Gasteiger partial charge in [-0.05, 0) is 31.5 Å². The van der Waals surface area contributed by atoms with E-state index in [0.717, 1.165) is 12.5 Å². The highest BCUT2D eigenvalue weighted by molar-refractivity contribution is 6.30. The quantitative estimate of drug-likeness (QED) is 0.897. The van der Waals surface area contributed by atoms with Crippen molar-refractivity contribution in [2.75, 3.05) is 13.1 Å². The first-order chi connectivity index (χ1) is 8.49. The molecule has 1 saturated heterocycles. The SMILES string of the molecule is CC(O)C1CCN(C(=O)c2ccc(Cl)c(F)c2)C1. The van der Waals surface area contributed by atoms with E-state index in [1.165, 1.54) is 12.1 Å². The predicted molar refractivity (Wildman–Crippen MR) is 67.1 cm³/mol. The number of carbonyl (C=O) groups is 1. The van der Waals surface area contributed by atoms with Gasteiger partial charge in [0.05, 0.1) is 11.1 Å². The Kier molecular flexibility index (Phi) is 3.88. The lowest BCUT2D eigenvalue weighted by Crippen LogP contribution is -2.30. The fourth-order valence-corrected chi connectivity index (χ4v) is 2.29. The molecule has 18 heavy (non-hydrogen) atoms. The first kappa shape index (κ1) is 13.3. The molecule has 0 aliphatic carbocycles. The Labute approximate surface area is 110 Å². The number of rotatable bonds is 2. The van der Waals surface area contributed by atoms with Crippen LogP contribution in [-0.4, -0.2) is 35.1 Å². The third kappa shape index (κ3) is 2.65. The molecule has 0 saturated carbocycles. The number of aliphatic hydroxyl groups excluding tert-OH is 1. The summed E-state index contributed by atoms with van der Waals surface area (Å²) >= 11 is 5.58. The Bertz CT molecular complexity index is 464. The van der Waals surface area contributed by atoms with Crippen LogP contribution < -0.4 is 0 Å². The summed E-state index contributed by atoms with van der Waals surface area (Å²) in [6, 6.07) is 4.05. The molecule has 98 valence electrons. The van der Waals surface area contributed by atoms with Gasteiger partial charge < -0.3 is 10.0 Å². The third-order valence-corrected chi connectivity index (χ3v) is 3.67. The van der Waals surface area contributed by atoms with Crippen LogP contribution >= 0.6 is 11.6 Å². The van der Waals surface area contributed by atoms with Gasteiger partial charge in [-0.15, -0.1) is 0 Å². The minimum atomic E-state index is -0.589. The monoisotopic (exact) mass is 271 g/mol. The number of halogens is 2. The van der Waals surface area contributed by atoms with Crippen LogP contribution in [0.4, 0.5) is 4.39 Å². The first-order valence-corrected chi connectivity index (χ1v) is 6.29. The molecule has 1 N–H and O–H groups in total. The van der Waals surface area contributed by atoms with E-state index in [4.69, 9.17) is 11.6 Å². The summed E-state index contributed by atoms with van der Waals surface area (Å²) < 4.78 is 13.3. The van der Waals surface area contributed by atoms with Gasteiger partial charge >= 0.3 is 0 Å². The van der Waals surface area contributed by atoms with Crippen molar-refractivity contribution >= 4 is 17.5 Å². The Morgan fingerprint density at radius 2 is 2.33 bits per heavy atom. The maximum Gasteiger partial charge on any atom is 0.253 e. The maximum absolute atomic E-state index is 13.3. The van der Waals surface area contributed by atoms with Crippen LogP contribution in [0.15, 0.2) is 18.2 Å². The van der Waals surface area contributed by atoms with Gasteiger partial charge in [-0.2, -0.15) is 0 Å². The average molecular weight is 272 g/mol. The number of likely N-dealkylation sites (tertiary alicyclic amines) is 1. The fraction of sp³-hybridized carbons (Fsp3) is 0.462. The number of benzene rings is 1. The van der Waals surface area contributed by atoms with E-state index in [1.807, 2.05) is 0 Å². The molecular formula is C13H15ClFNO2. The third-order valence-electron chi connectivity index (χ3n) is 3.36. The van der Waals surface area contributed by atoms with Crippen molar-refractivity contribution in [3.63, 3.8) is 0 Å². The van der Waals surface area contributed by atoms with Crippen molar-refractivity contribution in [3.05, 3.63) is 34.6 Å². The van der Waals surface area contributed by atoms with E-state index in [1.54, 1.807) is 11.8 Å². The molecule has 3 nitrogen and oxygen atoms in total. The van der Waals surface area contributed by atoms with Gasteiger partial charge in [-0.1, -0.05) is 11.6 Å². The van der Waals surface area contributed by atoms with Crippen LogP contribution in [-0.2, 0) is 0 Å². The maximum atomic E-state index is 13.3. The highest BCUT2D eigenvalue weighted by Crippen LogP contribution is 2.23. The van der Waals surface area contributed by atoms with E-state index in [9.17, 15) is 14.3 Å². The minimum Gasteiger partial charge on any atom is -0.393 e. The molecule has 1 heterocycles. The summed E-state index contributed by atoms with van der Waals surface area (Å²) in [7, 11) is 0. The van der Waals surface area contributed by atoms with Crippen molar-refractivity contribution in [1.29, 1.82) is 0 Å². The largest absolute Gasteiger partial charge is 0.393 e. The zero-order valence-electron chi connectivity index (χ0n) is 10.1. The number of aliphatic hydroxyl groups is 1. The van der Waals surface area contributed by atoms with Crippen LogP contribution in [0.1, 0.15) is 23.7 Å². The van der Waals surface area contributed by atoms with Gasteiger partial charge in [0.1, 0.15) is 5.82 Å². The molecule has 0 bridgehead atoms. The Morgan fingerprint density at radius 3 is 2.89 bits per heavy atom. The van der Waals surface area contributed by atoms with Crippen molar-refractivity contribution in [2.45, 2.75) is 19.4 Å². The van der Waals surface area contributed by atoms with Gasteiger partial charge in [-0.25, -0.2) is 4.39 Å². The van der Waals surface area contributed by atoms with E-state index in [0.29, 0.717) is 18.7 Å². The van der Waals surface area contributed by atoms with Gasteiger partial charge in [0.15, 0.2) is 0 Å². The summed E-state index contributed by atoms with van der Waals surface area (Å²) in [6.45, 7) is 2.83. The van der Waals surface area contributed by atoms with E-state index in [2.05, 4.69) is 0 Å². The van der Waals surface area contributed by atoms with Gasteiger partial charge in [0, 0.05) is 24.6 Å². The summed E-state index contributed by atoms with van der Waals surface area (Å²) in [5.74, 6) is -0.700. The molecule has 0 aromatic heterocycles. The topological polar surface area (TPSA) is 40.5 Å². The molecule has 2 rings (SSSR count). The van der Waals surface area contributed by atoms with Crippen molar-refractivity contribution in [2.24, 2.45) is 5.92 Å². The summed E-state index contributed by atoms with van der Waals surface area (Å²) in [4.78, 5) is 13.8. The zero-order chi connectivity index (χ0) is 13.3. The molecule has 5 heteroatoms. The van der Waals surface area contributed by atoms with Crippen molar-refractivity contribution in [1.82, 2.24) is 4.90 Å². The second-order valence-corrected chi connectivity index (χ2v) is 5.08. The predicted octanol–water partition coefficient (Wildman–Crippen LogP) is 2.32. The Morgan fingerprint density at radius 1 is 1.61 bits per heavy atom. The molecular weight excluding hydrogens is 257 g/mol. The molecule has 1 amide bonds. The van der Waals surface area contributed by atoms with Crippen LogP contribution in [0, 0.1) is 11.7 Å². The van der Waals surface area contributed by atoms with Crippen LogP contribution in [0.3, 0.4) is 0 Å². The van der Waals surface area contributed by atoms with Crippen LogP contribution in [0.25, 0.3) is 0 Å². The van der Waals surface area contributed by atoms with Crippen molar-refractivity contribution in [3.8, 4) is 0 Å². The number of nitrogens with zero attached hydrogens (tertiary/aromatic N) is 1. The number of amides is 1. The standard InChI is InChI=1S/C13H15ClFNO2/c1-8(17)10-4-5-16(7-10)13(18)9-2-3-11(14)12(15)6-9/h2-3,6,8,10,17H,4-5,7H2,1H3. The molecule has 1 aromatic carbocycles. The molecule has 2 unspecified atom stereocenters. The van der Waals surface area contributed by atoms with Gasteiger partial charge in [-0.3, -0.25) is 4.79 Å². The highest BCUT2D eigenvalue weighted by atomic mass is 35.5. The molecule has 0 spiro atoms. The molecule has 2 atom stereocenters. The fourth-order valence-electron chi connectivity index (χ4n) is 2.18. The molecule has 1 aliphatic heterocycles. The minimum absolute atomic E-state index is 0.00910. The highest BCUT2D eigenvalue weighted by Gasteiger charge is 2.29. The summed E-state index contributed by atoms with van der Waals surface area (Å²) in [5.41, 5.74) is 0.295. The molecule has 1 fully saturated rings. The second kappa shape index (κ2) is 5.24. The first-order valence-electron chi connectivity index (χ1n) is 5.91. The smallest absolute Gasteiger partial charge is 0.253 e. The van der Waals surface area contributed by atoms with Gasteiger partial charge in [0.25, 0.3) is 5.91 Å². The van der Waals surface area contributed by atoms with E-state index in [-0.39, 0.29) is 16.8 Å². The molecule has 0 radical (unpaired) electrons. The second-order valence-electron chi connectivity index (χ2n) is 4.67. The lowest BCUT2D eigenvalue weighted by atomic mass is 10.0. The van der Waals surface area contributed by atoms with Gasteiger partial charge in [0.2, 0.25) is 0 Å². The normalized spacial score (nSPS) is 21.1. The number of hydrogen-bond acceptors (Lipinski definition) is 2. The number of carbonyl (C=O) groups excluding carboxylic acids is 1. The van der Waals surface area contributed by atoms with Crippen LogP contribution in [0.5, 0.6) is 0 Å². The zero-order valence-corrected chi connectivity index (χ0v) is 10.8. The Hall–Kier alpha value is -1.13. The number of hydrogen-bond donors (Lipinski definition) is 1. The lowest BCUT2D eigenvalue weighted by Gasteiger charge is -2.17. The molecule has 1 aliphatic rings. The molecule has 1 aromatic rings. The Balaban J connectivity index is 2.10. The van der Waals surface area contributed by atoms with E-state index >= 15 is 0 Å². The summed E-state index contributed by atoms with van der Waals surface area (Å²) in [5, 5.41) is 9.50.